The topological polar surface area (TPSA) is 0 Å². The molecule has 0 nitrogen and oxygen atoms in total. The summed E-state index contributed by atoms with van der Waals surface area (Å²) in [7, 11) is 0. The molecule has 0 unspecified atom stereocenters. The molecule has 0 amide bonds. The van der Waals surface area contributed by atoms with Crippen LogP contribution < -0.4 is 0 Å². The second kappa shape index (κ2) is 4.05. The molecule has 0 spiro atoms. The molecule has 3 heteroatoms. The summed E-state index contributed by atoms with van der Waals surface area (Å²) >= 11 is 5.72. The molecule has 0 heterocycles. The minimum Gasteiger partial charge on any atom is -0.205 e. The fourth-order valence-electron chi connectivity index (χ4n) is 1.24. The van der Waals surface area contributed by atoms with Gasteiger partial charge in [0.15, 0.2) is 0 Å². The van der Waals surface area contributed by atoms with Crippen LogP contribution in [0.5, 0.6) is 0 Å². The van der Waals surface area contributed by atoms with Gasteiger partial charge in [-0.2, -0.15) is 0 Å². The van der Waals surface area contributed by atoms with E-state index in [-0.39, 0.29) is 11.5 Å². The molecule has 0 aliphatic carbocycles. The first-order valence-electron chi connectivity index (χ1n) is 4.10. The van der Waals surface area contributed by atoms with E-state index in [0.717, 1.165) is 0 Å². The quantitative estimate of drug-likeness (QED) is 0.670. The highest BCUT2D eigenvalue weighted by Crippen LogP contribution is 2.30. The number of halogens is 3. The van der Waals surface area contributed by atoms with Crippen molar-refractivity contribution in [3.63, 3.8) is 0 Å². The number of hydrogen-bond acceptors (Lipinski definition) is 0. The number of benzene rings is 1. The van der Waals surface area contributed by atoms with Gasteiger partial charge in [-0.05, 0) is 23.6 Å². The molecule has 13 heavy (non-hydrogen) atoms. The lowest BCUT2D eigenvalue weighted by atomic mass is 9.97. The summed E-state index contributed by atoms with van der Waals surface area (Å²) in [6, 6.07) is 4.49. The molecule has 0 fully saturated rings. The van der Waals surface area contributed by atoms with Gasteiger partial charge in [0.1, 0.15) is 0 Å². The minimum absolute atomic E-state index is 0.0719. The molecule has 0 aromatic heterocycles. The summed E-state index contributed by atoms with van der Waals surface area (Å²) < 4.78 is 25.0. The standard InChI is InChI=1S/C10H11ClF2/c1-6(2)9-5-7(11)3-4-8(9)10(12)13/h3-6,10H,1-2H3. The van der Waals surface area contributed by atoms with Crippen molar-refractivity contribution in [2.24, 2.45) is 0 Å². The van der Waals surface area contributed by atoms with Gasteiger partial charge in [-0.15, -0.1) is 0 Å². The molecular weight excluding hydrogens is 194 g/mol. The molecule has 0 saturated heterocycles. The molecule has 1 aromatic carbocycles. The maximum absolute atomic E-state index is 12.5. The van der Waals surface area contributed by atoms with E-state index in [9.17, 15) is 8.78 Å². The first-order valence-corrected chi connectivity index (χ1v) is 4.47. The molecule has 1 aromatic rings. The third-order valence-corrected chi connectivity index (χ3v) is 2.14. The average Bonchev–Trinajstić information content (AvgIpc) is 2.03. The fraction of sp³-hybridized carbons (Fsp3) is 0.400. The van der Waals surface area contributed by atoms with Crippen LogP contribution in [0.25, 0.3) is 0 Å². The second-order valence-electron chi connectivity index (χ2n) is 3.23. The van der Waals surface area contributed by atoms with Crippen LogP contribution in [0.1, 0.15) is 37.3 Å². The Labute approximate surface area is 81.5 Å². The lowest BCUT2D eigenvalue weighted by molar-refractivity contribution is 0.150. The minimum atomic E-state index is -2.42. The van der Waals surface area contributed by atoms with Crippen LogP contribution in [0.2, 0.25) is 5.02 Å². The van der Waals surface area contributed by atoms with Gasteiger partial charge in [-0.25, -0.2) is 8.78 Å². The van der Waals surface area contributed by atoms with E-state index >= 15 is 0 Å². The van der Waals surface area contributed by atoms with Gasteiger partial charge < -0.3 is 0 Å². The average molecular weight is 205 g/mol. The van der Waals surface area contributed by atoms with E-state index < -0.39 is 6.43 Å². The molecule has 0 saturated carbocycles. The number of alkyl halides is 2. The lowest BCUT2D eigenvalue weighted by Gasteiger charge is -2.12. The second-order valence-corrected chi connectivity index (χ2v) is 3.67. The van der Waals surface area contributed by atoms with Crippen molar-refractivity contribution in [2.75, 3.05) is 0 Å². The Kier molecular flexibility index (Phi) is 3.26. The Hall–Kier alpha value is -0.630. The lowest BCUT2D eigenvalue weighted by Crippen LogP contribution is -1.96. The van der Waals surface area contributed by atoms with Crippen molar-refractivity contribution >= 4 is 11.6 Å². The Morgan fingerprint density at radius 3 is 2.23 bits per heavy atom. The molecule has 0 atom stereocenters. The van der Waals surface area contributed by atoms with Gasteiger partial charge in [-0.3, -0.25) is 0 Å². The predicted molar refractivity (Wildman–Crippen MR) is 50.5 cm³/mol. The van der Waals surface area contributed by atoms with E-state index in [2.05, 4.69) is 0 Å². The zero-order valence-corrected chi connectivity index (χ0v) is 8.28. The normalized spacial score (nSPS) is 11.3. The van der Waals surface area contributed by atoms with Gasteiger partial charge in [-0.1, -0.05) is 31.5 Å². The Balaban J connectivity index is 3.19. The van der Waals surface area contributed by atoms with Gasteiger partial charge in [0, 0.05) is 10.6 Å². The summed E-state index contributed by atoms with van der Waals surface area (Å²) in [6.07, 6.45) is -2.42. The maximum atomic E-state index is 12.5. The summed E-state index contributed by atoms with van der Waals surface area (Å²) in [6.45, 7) is 3.75. The first-order chi connectivity index (χ1) is 6.02. The highest BCUT2D eigenvalue weighted by Gasteiger charge is 2.14. The Morgan fingerprint density at radius 2 is 1.77 bits per heavy atom. The summed E-state index contributed by atoms with van der Waals surface area (Å²) in [5, 5.41) is 0.508. The SMILES string of the molecule is CC(C)c1cc(Cl)ccc1C(F)F. The summed E-state index contributed by atoms with van der Waals surface area (Å²) in [5.41, 5.74) is 0.710. The van der Waals surface area contributed by atoms with Crippen LogP contribution in [0.4, 0.5) is 8.78 Å². The molecule has 0 aliphatic heterocycles. The van der Waals surface area contributed by atoms with Gasteiger partial charge >= 0.3 is 0 Å². The van der Waals surface area contributed by atoms with Crippen molar-refractivity contribution in [3.05, 3.63) is 34.3 Å². The molecule has 1 rings (SSSR count). The smallest absolute Gasteiger partial charge is 0.205 e. The van der Waals surface area contributed by atoms with Crippen LogP contribution >= 0.6 is 11.6 Å². The highest BCUT2D eigenvalue weighted by molar-refractivity contribution is 6.30. The molecule has 0 N–H and O–H groups in total. The largest absolute Gasteiger partial charge is 0.264 e. The Morgan fingerprint density at radius 1 is 1.15 bits per heavy atom. The van der Waals surface area contributed by atoms with Crippen LogP contribution in [0.3, 0.4) is 0 Å². The van der Waals surface area contributed by atoms with E-state index in [1.165, 1.54) is 12.1 Å². The van der Waals surface area contributed by atoms with Gasteiger partial charge in [0.2, 0.25) is 0 Å². The predicted octanol–water partition coefficient (Wildman–Crippen LogP) is 4.40. The molecule has 72 valence electrons. The number of rotatable bonds is 2. The van der Waals surface area contributed by atoms with Crippen LogP contribution in [-0.4, -0.2) is 0 Å². The van der Waals surface area contributed by atoms with E-state index in [1.54, 1.807) is 6.07 Å². The van der Waals surface area contributed by atoms with Crippen molar-refractivity contribution in [1.82, 2.24) is 0 Å². The maximum Gasteiger partial charge on any atom is 0.264 e. The van der Waals surface area contributed by atoms with Crippen molar-refractivity contribution in [2.45, 2.75) is 26.2 Å². The molecule has 0 radical (unpaired) electrons. The van der Waals surface area contributed by atoms with Crippen molar-refractivity contribution in [3.8, 4) is 0 Å². The van der Waals surface area contributed by atoms with Gasteiger partial charge in [0.05, 0.1) is 0 Å². The van der Waals surface area contributed by atoms with E-state index in [1.807, 2.05) is 13.8 Å². The first kappa shape index (κ1) is 10.5. The molecule has 0 aliphatic rings. The number of hydrogen-bond donors (Lipinski definition) is 0. The summed E-state index contributed by atoms with van der Waals surface area (Å²) in [5.74, 6) is 0.0719. The van der Waals surface area contributed by atoms with Crippen LogP contribution in [0, 0.1) is 0 Å². The zero-order valence-electron chi connectivity index (χ0n) is 7.52. The van der Waals surface area contributed by atoms with Crippen LogP contribution in [-0.2, 0) is 0 Å². The van der Waals surface area contributed by atoms with Crippen molar-refractivity contribution in [1.29, 1.82) is 0 Å². The summed E-state index contributed by atoms with van der Waals surface area (Å²) in [4.78, 5) is 0. The third-order valence-electron chi connectivity index (χ3n) is 1.91. The molecule has 0 bridgehead atoms. The van der Waals surface area contributed by atoms with Gasteiger partial charge in [0.25, 0.3) is 6.43 Å². The monoisotopic (exact) mass is 204 g/mol. The molecular formula is C10H11ClF2. The third kappa shape index (κ3) is 2.41. The highest BCUT2D eigenvalue weighted by atomic mass is 35.5. The van der Waals surface area contributed by atoms with E-state index in [0.29, 0.717) is 10.6 Å². The fourth-order valence-corrected chi connectivity index (χ4v) is 1.42. The van der Waals surface area contributed by atoms with E-state index in [4.69, 9.17) is 11.6 Å². The Bertz CT molecular complexity index is 295. The van der Waals surface area contributed by atoms with Crippen molar-refractivity contribution < 1.29 is 8.78 Å². The van der Waals surface area contributed by atoms with Crippen LogP contribution in [0.15, 0.2) is 18.2 Å². The zero-order chi connectivity index (χ0) is 10.0.